The van der Waals surface area contributed by atoms with Crippen LogP contribution in [0.5, 0.6) is 5.75 Å². The molecule has 0 heterocycles. The maximum atomic E-state index is 12.1. The number of rotatable bonds is 7. The summed E-state index contributed by atoms with van der Waals surface area (Å²) in [5, 5.41) is 5.89. The number of para-hydroxylation sites is 1. The SMILES string of the molecule is CCc1ccccc1NC(=O)CNC(=O)C(C)Oc1cccc(Cl)c1. The molecule has 5 nitrogen and oxygen atoms in total. The fourth-order valence-electron chi connectivity index (χ4n) is 2.25. The molecular weight excluding hydrogens is 340 g/mol. The Hall–Kier alpha value is -2.53. The van der Waals surface area contributed by atoms with Gasteiger partial charge in [-0.05, 0) is 43.2 Å². The summed E-state index contributed by atoms with van der Waals surface area (Å²) >= 11 is 5.88. The summed E-state index contributed by atoms with van der Waals surface area (Å²) in [6.45, 7) is 3.50. The van der Waals surface area contributed by atoms with Crippen LogP contribution in [-0.2, 0) is 16.0 Å². The van der Waals surface area contributed by atoms with Crippen LogP contribution in [-0.4, -0.2) is 24.5 Å². The average molecular weight is 361 g/mol. The second-order valence-electron chi connectivity index (χ2n) is 5.49. The van der Waals surface area contributed by atoms with E-state index in [9.17, 15) is 9.59 Å². The summed E-state index contributed by atoms with van der Waals surface area (Å²) in [7, 11) is 0. The van der Waals surface area contributed by atoms with Crippen molar-refractivity contribution < 1.29 is 14.3 Å². The Labute approximate surface area is 152 Å². The molecule has 2 N–H and O–H groups in total. The predicted octanol–water partition coefficient (Wildman–Crippen LogP) is 3.42. The fourth-order valence-corrected chi connectivity index (χ4v) is 2.43. The first kappa shape index (κ1) is 18.8. The molecule has 0 fully saturated rings. The monoisotopic (exact) mass is 360 g/mol. The fraction of sp³-hybridized carbons (Fsp3) is 0.263. The van der Waals surface area contributed by atoms with Crippen LogP contribution in [0.15, 0.2) is 48.5 Å². The van der Waals surface area contributed by atoms with Crippen LogP contribution in [0.3, 0.4) is 0 Å². The maximum absolute atomic E-state index is 12.1. The van der Waals surface area contributed by atoms with Crippen LogP contribution in [0.2, 0.25) is 5.02 Å². The van der Waals surface area contributed by atoms with Gasteiger partial charge >= 0.3 is 0 Å². The number of carbonyl (C=O) groups excluding carboxylic acids is 2. The third-order valence-electron chi connectivity index (χ3n) is 3.57. The van der Waals surface area contributed by atoms with Gasteiger partial charge in [-0.25, -0.2) is 0 Å². The molecule has 0 aliphatic heterocycles. The van der Waals surface area contributed by atoms with Gasteiger partial charge in [0.1, 0.15) is 5.75 Å². The zero-order valence-electron chi connectivity index (χ0n) is 14.2. The lowest BCUT2D eigenvalue weighted by Crippen LogP contribution is -2.40. The molecule has 0 saturated heterocycles. The lowest BCUT2D eigenvalue weighted by molar-refractivity contribution is -0.129. The molecule has 0 aliphatic carbocycles. The molecule has 25 heavy (non-hydrogen) atoms. The molecule has 132 valence electrons. The molecule has 0 saturated carbocycles. The van der Waals surface area contributed by atoms with Gasteiger partial charge < -0.3 is 15.4 Å². The zero-order chi connectivity index (χ0) is 18.2. The molecule has 2 amide bonds. The second kappa shape index (κ2) is 9.08. The van der Waals surface area contributed by atoms with Crippen LogP contribution in [0.25, 0.3) is 0 Å². The van der Waals surface area contributed by atoms with Crippen LogP contribution in [0.1, 0.15) is 19.4 Å². The lowest BCUT2D eigenvalue weighted by atomic mass is 10.1. The summed E-state index contributed by atoms with van der Waals surface area (Å²) < 4.78 is 5.52. The van der Waals surface area contributed by atoms with Crippen molar-refractivity contribution in [3.8, 4) is 5.75 Å². The van der Waals surface area contributed by atoms with Crippen molar-refractivity contribution in [2.24, 2.45) is 0 Å². The molecule has 1 atom stereocenters. The molecular formula is C19H21ClN2O3. The predicted molar refractivity (Wildman–Crippen MR) is 99.0 cm³/mol. The number of amides is 2. The number of aryl methyl sites for hydroxylation is 1. The topological polar surface area (TPSA) is 67.4 Å². The zero-order valence-corrected chi connectivity index (χ0v) is 15.0. The number of ether oxygens (including phenoxy) is 1. The molecule has 0 radical (unpaired) electrons. The Kier molecular flexibility index (Phi) is 6.83. The minimum atomic E-state index is -0.741. The van der Waals surface area contributed by atoms with E-state index >= 15 is 0 Å². The Balaban J connectivity index is 1.83. The Bertz CT molecular complexity index is 749. The number of anilines is 1. The minimum Gasteiger partial charge on any atom is -0.481 e. The van der Waals surface area contributed by atoms with E-state index in [2.05, 4.69) is 10.6 Å². The number of benzene rings is 2. The smallest absolute Gasteiger partial charge is 0.261 e. The molecule has 2 rings (SSSR count). The van der Waals surface area contributed by atoms with Crippen molar-refractivity contribution in [1.29, 1.82) is 0 Å². The van der Waals surface area contributed by atoms with Crippen molar-refractivity contribution in [3.63, 3.8) is 0 Å². The highest BCUT2D eigenvalue weighted by atomic mass is 35.5. The highest BCUT2D eigenvalue weighted by Crippen LogP contribution is 2.18. The Morgan fingerprint density at radius 2 is 1.92 bits per heavy atom. The minimum absolute atomic E-state index is 0.125. The van der Waals surface area contributed by atoms with Gasteiger partial charge in [-0.15, -0.1) is 0 Å². The summed E-state index contributed by atoms with van der Waals surface area (Å²) in [6, 6.07) is 14.4. The summed E-state index contributed by atoms with van der Waals surface area (Å²) in [6.07, 6.45) is 0.0713. The molecule has 6 heteroatoms. The van der Waals surface area contributed by atoms with Gasteiger partial charge in [-0.1, -0.05) is 42.8 Å². The number of carbonyl (C=O) groups is 2. The van der Waals surface area contributed by atoms with Gasteiger partial charge in [-0.3, -0.25) is 9.59 Å². The first-order valence-electron chi connectivity index (χ1n) is 8.07. The van der Waals surface area contributed by atoms with Crippen molar-refractivity contribution in [2.45, 2.75) is 26.4 Å². The maximum Gasteiger partial charge on any atom is 0.261 e. The second-order valence-corrected chi connectivity index (χ2v) is 5.93. The molecule has 0 aliphatic rings. The van der Waals surface area contributed by atoms with Crippen molar-refractivity contribution in [2.75, 3.05) is 11.9 Å². The van der Waals surface area contributed by atoms with Crippen molar-refractivity contribution in [1.82, 2.24) is 5.32 Å². The van der Waals surface area contributed by atoms with E-state index in [1.54, 1.807) is 31.2 Å². The van der Waals surface area contributed by atoms with E-state index in [1.807, 2.05) is 31.2 Å². The van der Waals surface area contributed by atoms with E-state index in [-0.39, 0.29) is 18.4 Å². The van der Waals surface area contributed by atoms with Crippen molar-refractivity contribution >= 4 is 29.1 Å². The van der Waals surface area contributed by atoms with E-state index in [0.29, 0.717) is 10.8 Å². The van der Waals surface area contributed by atoms with E-state index in [0.717, 1.165) is 17.7 Å². The van der Waals surface area contributed by atoms with E-state index < -0.39 is 6.10 Å². The summed E-state index contributed by atoms with van der Waals surface area (Å²) in [5.41, 5.74) is 1.80. The third kappa shape index (κ3) is 5.80. The molecule has 0 bridgehead atoms. The van der Waals surface area contributed by atoms with Gasteiger partial charge in [0.05, 0.1) is 6.54 Å². The van der Waals surface area contributed by atoms with Crippen LogP contribution < -0.4 is 15.4 Å². The van der Waals surface area contributed by atoms with Gasteiger partial charge in [0, 0.05) is 10.7 Å². The highest BCUT2D eigenvalue weighted by molar-refractivity contribution is 6.30. The third-order valence-corrected chi connectivity index (χ3v) is 3.81. The largest absolute Gasteiger partial charge is 0.481 e. The molecule has 2 aromatic carbocycles. The molecule has 0 spiro atoms. The first-order valence-corrected chi connectivity index (χ1v) is 8.45. The van der Waals surface area contributed by atoms with Crippen LogP contribution in [0, 0.1) is 0 Å². The number of nitrogens with one attached hydrogen (secondary N) is 2. The molecule has 2 aromatic rings. The van der Waals surface area contributed by atoms with Gasteiger partial charge in [0.15, 0.2) is 6.10 Å². The Morgan fingerprint density at radius 1 is 1.16 bits per heavy atom. The van der Waals surface area contributed by atoms with Crippen molar-refractivity contribution in [3.05, 3.63) is 59.1 Å². The standard InChI is InChI=1S/C19H21ClN2O3/c1-3-14-7-4-5-10-17(14)22-18(23)12-21-19(24)13(2)25-16-9-6-8-15(20)11-16/h4-11,13H,3,12H2,1-2H3,(H,21,24)(H,22,23). The van der Waals surface area contributed by atoms with Crippen LogP contribution in [0.4, 0.5) is 5.69 Å². The summed E-state index contributed by atoms with van der Waals surface area (Å²) in [5.74, 6) is -0.167. The van der Waals surface area contributed by atoms with Gasteiger partial charge in [0.25, 0.3) is 5.91 Å². The molecule has 1 unspecified atom stereocenters. The Morgan fingerprint density at radius 3 is 2.64 bits per heavy atom. The van der Waals surface area contributed by atoms with E-state index in [4.69, 9.17) is 16.3 Å². The normalized spacial score (nSPS) is 11.5. The quantitative estimate of drug-likeness (QED) is 0.795. The lowest BCUT2D eigenvalue weighted by Gasteiger charge is -2.15. The van der Waals surface area contributed by atoms with Gasteiger partial charge in [-0.2, -0.15) is 0 Å². The van der Waals surface area contributed by atoms with Gasteiger partial charge in [0.2, 0.25) is 5.91 Å². The summed E-state index contributed by atoms with van der Waals surface area (Å²) in [4.78, 5) is 24.1. The number of halogens is 1. The number of hydrogen-bond acceptors (Lipinski definition) is 3. The van der Waals surface area contributed by atoms with Crippen LogP contribution >= 0.6 is 11.6 Å². The molecule has 0 aromatic heterocycles. The first-order chi connectivity index (χ1) is 12.0. The highest BCUT2D eigenvalue weighted by Gasteiger charge is 2.16. The number of hydrogen-bond donors (Lipinski definition) is 2. The average Bonchev–Trinajstić information content (AvgIpc) is 2.60. The van der Waals surface area contributed by atoms with E-state index in [1.165, 1.54) is 0 Å².